The molecule has 0 saturated carbocycles. The van der Waals surface area contributed by atoms with Crippen LogP contribution in [0.4, 0.5) is 0 Å². The molecule has 0 aromatic heterocycles. The van der Waals surface area contributed by atoms with Gasteiger partial charge in [0.15, 0.2) is 0 Å². The number of carbonyl (C=O) groups is 1. The quantitative estimate of drug-likeness (QED) is 0.727. The molecular formula is C16H26N2O2. The van der Waals surface area contributed by atoms with Gasteiger partial charge in [0.05, 0.1) is 6.61 Å². The molecule has 1 rings (SSSR count). The molecule has 1 aromatic carbocycles. The molecule has 1 unspecified atom stereocenters. The van der Waals surface area contributed by atoms with Crippen LogP contribution in [0, 0.1) is 5.41 Å². The first-order chi connectivity index (χ1) is 9.44. The number of ether oxygens (including phenoxy) is 1. The van der Waals surface area contributed by atoms with Crippen LogP contribution in [0.5, 0.6) is 0 Å². The molecule has 0 aliphatic heterocycles. The Morgan fingerprint density at radius 1 is 1.35 bits per heavy atom. The second-order valence-corrected chi connectivity index (χ2v) is 5.86. The van der Waals surface area contributed by atoms with E-state index >= 15 is 0 Å². The van der Waals surface area contributed by atoms with Gasteiger partial charge in [0.1, 0.15) is 6.10 Å². The van der Waals surface area contributed by atoms with E-state index in [9.17, 15) is 4.79 Å². The average Bonchev–Trinajstić information content (AvgIpc) is 2.40. The molecular weight excluding hydrogens is 252 g/mol. The van der Waals surface area contributed by atoms with Gasteiger partial charge in [-0.05, 0) is 12.0 Å². The van der Waals surface area contributed by atoms with Crippen molar-refractivity contribution < 1.29 is 9.53 Å². The minimum Gasteiger partial charge on any atom is -0.368 e. The molecule has 4 heteroatoms. The summed E-state index contributed by atoms with van der Waals surface area (Å²) in [7, 11) is 0. The molecule has 3 N–H and O–H groups in total. The predicted molar refractivity (Wildman–Crippen MR) is 81.2 cm³/mol. The molecule has 20 heavy (non-hydrogen) atoms. The zero-order valence-electron chi connectivity index (χ0n) is 12.7. The van der Waals surface area contributed by atoms with E-state index in [0.717, 1.165) is 13.1 Å². The molecule has 0 aliphatic rings. The largest absolute Gasteiger partial charge is 0.368 e. The summed E-state index contributed by atoms with van der Waals surface area (Å²) in [6.45, 7) is 8.28. The Balaban J connectivity index is 2.32. The van der Waals surface area contributed by atoms with Gasteiger partial charge in [-0.2, -0.15) is 0 Å². The van der Waals surface area contributed by atoms with E-state index in [-0.39, 0.29) is 11.3 Å². The van der Waals surface area contributed by atoms with Crippen molar-refractivity contribution in [2.45, 2.75) is 39.8 Å². The first-order valence-corrected chi connectivity index (χ1v) is 7.10. The van der Waals surface area contributed by atoms with Gasteiger partial charge in [-0.3, -0.25) is 4.79 Å². The van der Waals surface area contributed by atoms with Crippen LogP contribution in [0.2, 0.25) is 0 Å². The molecule has 1 atom stereocenters. The lowest BCUT2D eigenvalue weighted by molar-refractivity contribution is -0.131. The van der Waals surface area contributed by atoms with Crippen LogP contribution in [0.15, 0.2) is 30.3 Å². The third kappa shape index (κ3) is 6.17. The fraction of sp³-hybridized carbons (Fsp3) is 0.562. The summed E-state index contributed by atoms with van der Waals surface area (Å²) < 4.78 is 5.61. The van der Waals surface area contributed by atoms with Gasteiger partial charge in [-0.1, -0.05) is 51.1 Å². The number of primary amides is 1. The van der Waals surface area contributed by atoms with Gasteiger partial charge < -0.3 is 15.8 Å². The molecule has 4 nitrogen and oxygen atoms in total. The lowest BCUT2D eigenvalue weighted by Gasteiger charge is -2.27. The lowest BCUT2D eigenvalue weighted by Crippen LogP contribution is -2.37. The Labute approximate surface area is 121 Å². The molecule has 0 aliphatic carbocycles. The molecule has 0 bridgehead atoms. The summed E-state index contributed by atoms with van der Waals surface area (Å²) >= 11 is 0. The van der Waals surface area contributed by atoms with E-state index in [4.69, 9.17) is 10.5 Å². The van der Waals surface area contributed by atoms with Crippen LogP contribution >= 0.6 is 0 Å². The number of hydrogen-bond donors (Lipinski definition) is 2. The van der Waals surface area contributed by atoms with Gasteiger partial charge in [0.2, 0.25) is 5.91 Å². The maximum Gasteiger partial charge on any atom is 0.246 e. The highest BCUT2D eigenvalue weighted by Crippen LogP contribution is 2.16. The van der Waals surface area contributed by atoms with Crippen molar-refractivity contribution in [1.82, 2.24) is 5.32 Å². The summed E-state index contributed by atoms with van der Waals surface area (Å²) in [6, 6.07) is 10.3. The van der Waals surface area contributed by atoms with Crippen molar-refractivity contribution in [3.63, 3.8) is 0 Å². The van der Waals surface area contributed by atoms with Crippen molar-refractivity contribution in [3.05, 3.63) is 35.9 Å². The number of benzene rings is 1. The third-order valence-corrected chi connectivity index (χ3v) is 3.14. The third-order valence-electron chi connectivity index (χ3n) is 3.14. The number of nitrogens with two attached hydrogens (primary N) is 1. The summed E-state index contributed by atoms with van der Waals surface area (Å²) in [6.07, 6.45) is 0.131. The minimum absolute atomic E-state index is 0.0440. The molecule has 0 radical (unpaired) electrons. The van der Waals surface area contributed by atoms with Crippen molar-refractivity contribution in [2.24, 2.45) is 11.1 Å². The number of hydrogen-bond acceptors (Lipinski definition) is 3. The highest BCUT2D eigenvalue weighted by molar-refractivity contribution is 5.78. The van der Waals surface area contributed by atoms with Gasteiger partial charge in [-0.15, -0.1) is 0 Å². The van der Waals surface area contributed by atoms with Crippen molar-refractivity contribution in [2.75, 3.05) is 13.2 Å². The van der Waals surface area contributed by atoms with Gasteiger partial charge in [0.25, 0.3) is 0 Å². The number of rotatable bonds is 9. The monoisotopic (exact) mass is 278 g/mol. The maximum atomic E-state index is 11.1. The van der Waals surface area contributed by atoms with Gasteiger partial charge >= 0.3 is 0 Å². The van der Waals surface area contributed by atoms with Gasteiger partial charge in [-0.25, -0.2) is 0 Å². The molecule has 1 amide bonds. The van der Waals surface area contributed by atoms with E-state index in [1.807, 2.05) is 25.1 Å². The normalized spacial score (nSPS) is 13.2. The number of nitrogens with one attached hydrogen (secondary N) is 1. The highest BCUT2D eigenvalue weighted by atomic mass is 16.5. The van der Waals surface area contributed by atoms with Crippen LogP contribution in [-0.4, -0.2) is 25.2 Å². The molecule has 1 aromatic rings. The SMILES string of the molecule is CCC(OCC(C)(C)CNCc1ccccc1)C(N)=O. The van der Waals surface area contributed by atoms with E-state index in [1.165, 1.54) is 5.56 Å². The Morgan fingerprint density at radius 3 is 2.55 bits per heavy atom. The Morgan fingerprint density at radius 2 is 2.00 bits per heavy atom. The van der Waals surface area contributed by atoms with E-state index < -0.39 is 6.10 Å². The topological polar surface area (TPSA) is 64.3 Å². The molecule has 112 valence electrons. The summed E-state index contributed by atoms with van der Waals surface area (Å²) in [5.41, 5.74) is 6.49. The molecule has 0 heterocycles. The fourth-order valence-corrected chi connectivity index (χ4v) is 1.92. The van der Waals surface area contributed by atoms with E-state index in [0.29, 0.717) is 13.0 Å². The molecule has 0 fully saturated rings. The standard InChI is InChI=1S/C16H26N2O2/c1-4-14(15(17)19)20-12-16(2,3)11-18-10-13-8-6-5-7-9-13/h5-9,14,18H,4,10-12H2,1-3H3,(H2,17,19). The zero-order valence-corrected chi connectivity index (χ0v) is 12.7. The second-order valence-electron chi connectivity index (χ2n) is 5.86. The average molecular weight is 278 g/mol. The second kappa shape index (κ2) is 8.02. The molecule has 0 spiro atoms. The van der Waals surface area contributed by atoms with Crippen molar-refractivity contribution in [3.8, 4) is 0 Å². The summed E-state index contributed by atoms with van der Waals surface area (Å²) in [5.74, 6) is -0.388. The van der Waals surface area contributed by atoms with E-state index in [2.05, 4.69) is 31.3 Å². The smallest absolute Gasteiger partial charge is 0.246 e. The van der Waals surface area contributed by atoms with Crippen molar-refractivity contribution >= 4 is 5.91 Å². The highest BCUT2D eigenvalue weighted by Gasteiger charge is 2.22. The Kier molecular flexibility index (Phi) is 6.68. The van der Waals surface area contributed by atoms with Crippen LogP contribution in [-0.2, 0) is 16.1 Å². The Bertz CT molecular complexity index is 404. The van der Waals surface area contributed by atoms with Crippen LogP contribution in [0.1, 0.15) is 32.8 Å². The Hall–Kier alpha value is -1.39. The first-order valence-electron chi connectivity index (χ1n) is 7.10. The minimum atomic E-state index is -0.483. The van der Waals surface area contributed by atoms with E-state index in [1.54, 1.807) is 0 Å². The van der Waals surface area contributed by atoms with Crippen molar-refractivity contribution in [1.29, 1.82) is 0 Å². The van der Waals surface area contributed by atoms with Gasteiger partial charge in [0, 0.05) is 18.5 Å². The fourth-order valence-electron chi connectivity index (χ4n) is 1.92. The lowest BCUT2D eigenvalue weighted by atomic mass is 9.94. The number of amides is 1. The first kappa shape index (κ1) is 16.7. The van der Waals surface area contributed by atoms with Crippen LogP contribution in [0.25, 0.3) is 0 Å². The van der Waals surface area contributed by atoms with Crippen LogP contribution in [0.3, 0.4) is 0 Å². The maximum absolute atomic E-state index is 11.1. The summed E-state index contributed by atoms with van der Waals surface area (Å²) in [4.78, 5) is 11.1. The molecule has 0 saturated heterocycles. The predicted octanol–water partition coefficient (Wildman–Crippen LogP) is 2.08. The zero-order chi connectivity index (χ0) is 15.0. The summed E-state index contributed by atoms with van der Waals surface area (Å²) in [5, 5.41) is 3.42. The number of carbonyl (C=O) groups excluding carboxylic acids is 1. The van der Waals surface area contributed by atoms with Crippen LogP contribution < -0.4 is 11.1 Å².